The van der Waals surface area contributed by atoms with Crippen LogP contribution in [0, 0.1) is 0 Å². The second-order valence-corrected chi connectivity index (χ2v) is 5.88. The highest BCUT2D eigenvalue weighted by Crippen LogP contribution is 2.29. The lowest BCUT2D eigenvalue weighted by Crippen LogP contribution is -2.35. The molecule has 1 unspecified atom stereocenters. The molecule has 1 aromatic carbocycles. The zero-order valence-corrected chi connectivity index (χ0v) is 12.2. The molecule has 5 heteroatoms. The summed E-state index contributed by atoms with van der Waals surface area (Å²) in [4.78, 5) is 11.4. The van der Waals surface area contributed by atoms with Gasteiger partial charge in [-0.2, -0.15) is 0 Å². The van der Waals surface area contributed by atoms with E-state index in [0.717, 1.165) is 22.9 Å². The van der Waals surface area contributed by atoms with Gasteiger partial charge in [-0.3, -0.25) is 10.1 Å². The van der Waals surface area contributed by atoms with E-state index in [1.165, 1.54) is 12.8 Å². The average Bonchev–Trinajstić information content (AvgIpc) is 2.79. The average molecular weight is 333 g/mol. The fourth-order valence-corrected chi connectivity index (χ4v) is 3.27. The van der Waals surface area contributed by atoms with E-state index >= 15 is 0 Å². The van der Waals surface area contributed by atoms with Crippen molar-refractivity contribution in [2.75, 3.05) is 0 Å². The Hall–Kier alpha value is -0.580. The fourth-order valence-electron chi connectivity index (χ4n) is 2.36. The molecule has 2 N–H and O–H groups in total. The van der Waals surface area contributed by atoms with Crippen LogP contribution >= 0.6 is 27.5 Å². The summed E-state index contributed by atoms with van der Waals surface area (Å²) in [5, 5.41) is 13.2. The molecule has 98 valence electrons. The predicted octanol–water partition coefficient (Wildman–Crippen LogP) is 3.76. The van der Waals surface area contributed by atoms with Gasteiger partial charge in [0.2, 0.25) is 0 Å². The maximum absolute atomic E-state index is 11.4. The van der Waals surface area contributed by atoms with E-state index in [1.807, 2.05) is 0 Å². The van der Waals surface area contributed by atoms with Crippen LogP contribution in [0.3, 0.4) is 0 Å². The maximum atomic E-state index is 11.4. The molecule has 1 fully saturated rings. The number of hydrogen-bond donors (Lipinski definition) is 2. The van der Waals surface area contributed by atoms with Gasteiger partial charge in [-0.1, -0.05) is 46.4 Å². The SMILES string of the molecule is O=C(O)C(NC1CCCC1)c1ccc(Cl)cc1Br. The van der Waals surface area contributed by atoms with E-state index in [-0.39, 0.29) is 0 Å². The molecule has 1 aromatic rings. The van der Waals surface area contributed by atoms with Crippen LogP contribution in [0.2, 0.25) is 5.02 Å². The molecular formula is C13H15BrClNO2. The third kappa shape index (κ3) is 3.25. The van der Waals surface area contributed by atoms with Crippen molar-refractivity contribution in [1.82, 2.24) is 5.32 Å². The van der Waals surface area contributed by atoms with E-state index in [2.05, 4.69) is 21.2 Å². The van der Waals surface area contributed by atoms with E-state index in [9.17, 15) is 9.90 Å². The Morgan fingerprint density at radius 2 is 2.11 bits per heavy atom. The third-order valence-electron chi connectivity index (χ3n) is 3.28. The highest BCUT2D eigenvalue weighted by molar-refractivity contribution is 9.10. The second-order valence-electron chi connectivity index (χ2n) is 4.59. The Balaban J connectivity index is 2.20. The first-order chi connectivity index (χ1) is 8.58. The molecule has 1 aliphatic carbocycles. The Morgan fingerprint density at radius 3 is 2.67 bits per heavy atom. The van der Waals surface area contributed by atoms with Crippen LogP contribution in [-0.4, -0.2) is 17.1 Å². The minimum atomic E-state index is -0.857. The Labute approximate surface area is 120 Å². The van der Waals surface area contributed by atoms with E-state index in [4.69, 9.17) is 11.6 Å². The van der Waals surface area contributed by atoms with Crippen LogP contribution in [0.15, 0.2) is 22.7 Å². The molecule has 0 saturated heterocycles. The standard InChI is InChI=1S/C13H15BrClNO2/c14-11-7-8(15)5-6-10(11)12(13(17)18)16-9-3-1-2-4-9/h5-7,9,12,16H,1-4H2,(H,17,18). The molecule has 0 amide bonds. The van der Waals surface area contributed by atoms with Gasteiger partial charge in [0.15, 0.2) is 0 Å². The number of carboxylic acids is 1. The number of aliphatic carboxylic acids is 1. The lowest BCUT2D eigenvalue weighted by Gasteiger charge is -2.20. The Bertz CT molecular complexity index is 447. The smallest absolute Gasteiger partial charge is 0.325 e. The van der Waals surface area contributed by atoms with Gasteiger partial charge >= 0.3 is 5.97 Å². The first-order valence-electron chi connectivity index (χ1n) is 6.01. The summed E-state index contributed by atoms with van der Waals surface area (Å²) in [6.45, 7) is 0. The van der Waals surface area contributed by atoms with Gasteiger partial charge in [0.05, 0.1) is 0 Å². The number of hydrogen-bond acceptors (Lipinski definition) is 2. The van der Waals surface area contributed by atoms with Gasteiger partial charge < -0.3 is 5.11 Å². The maximum Gasteiger partial charge on any atom is 0.325 e. The molecule has 18 heavy (non-hydrogen) atoms. The first-order valence-corrected chi connectivity index (χ1v) is 7.19. The van der Waals surface area contributed by atoms with Crippen LogP contribution in [0.4, 0.5) is 0 Å². The summed E-state index contributed by atoms with van der Waals surface area (Å²) in [5.41, 5.74) is 0.721. The molecule has 0 aliphatic heterocycles. The van der Waals surface area contributed by atoms with Crippen molar-refractivity contribution in [2.24, 2.45) is 0 Å². The summed E-state index contributed by atoms with van der Waals surface area (Å²) < 4.78 is 0.730. The summed E-state index contributed by atoms with van der Waals surface area (Å²) in [6.07, 6.45) is 4.45. The molecule has 0 heterocycles. The van der Waals surface area contributed by atoms with Gasteiger partial charge in [0.25, 0.3) is 0 Å². The highest BCUT2D eigenvalue weighted by atomic mass is 79.9. The molecule has 0 aromatic heterocycles. The Morgan fingerprint density at radius 1 is 1.44 bits per heavy atom. The lowest BCUT2D eigenvalue weighted by molar-refractivity contribution is -0.139. The molecule has 1 atom stereocenters. The molecule has 1 aliphatic rings. The minimum absolute atomic E-state index is 0.300. The summed E-state index contributed by atoms with van der Waals surface area (Å²) in [7, 11) is 0. The number of rotatable bonds is 4. The second kappa shape index (κ2) is 6.04. The summed E-state index contributed by atoms with van der Waals surface area (Å²) in [6, 6.07) is 4.82. The van der Waals surface area contributed by atoms with Crippen molar-refractivity contribution >= 4 is 33.5 Å². The molecule has 0 spiro atoms. The van der Waals surface area contributed by atoms with Gasteiger partial charge in [0, 0.05) is 15.5 Å². The lowest BCUT2D eigenvalue weighted by atomic mass is 10.1. The van der Waals surface area contributed by atoms with Crippen LogP contribution in [0.1, 0.15) is 37.3 Å². The zero-order chi connectivity index (χ0) is 13.1. The molecule has 0 bridgehead atoms. The van der Waals surface area contributed by atoms with Gasteiger partial charge in [-0.05, 0) is 30.5 Å². The quantitative estimate of drug-likeness (QED) is 0.882. The van der Waals surface area contributed by atoms with Crippen molar-refractivity contribution < 1.29 is 9.90 Å². The molecule has 0 radical (unpaired) electrons. The van der Waals surface area contributed by atoms with Crippen LogP contribution in [0.25, 0.3) is 0 Å². The minimum Gasteiger partial charge on any atom is -0.480 e. The Kier molecular flexibility index (Phi) is 4.65. The van der Waals surface area contributed by atoms with Gasteiger partial charge in [-0.15, -0.1) is 0 Å². The van der Waals surface area contributed by atoms with Gasteiger partial charge in [-0.25, -0.2) is 0 Å². The number of carboxylic acid groups (broad SMARTS) is 1. The van der Waals surface area contributed by atoms with Crippen molar-refractivity contribution in [3.63, 3.8) is 0 Å². The van der Waals surface area contributed by atoms with Crippen LogP contribution < -0.4 is 5.32 Å². The molecule has 2 rings (SSSR count). The van der Waals surface area contributed by atoms with E-state index in [1.54, 1.807) is 18.2 Å². The zero-order valence-electron chi connectivity index (χ0n) is 9.83. The number of carbonyl (C=O) groups is 1. The highest BCUT2D eigenvalue weighted by Gasteiger charge is 2.26. The molecule has 1 saturated carbocycles. The van der Waals surface area contributed by atoms with E-state index < -0.39 is 12.0 Å². The van der Waals surface area contributed by atoms with Crippen LogP contribution in [-0.2, 0) is 4.79 Å². The van der Waals surface area contributed by atoms with Crippen molar-refractivity contribution in [3.05, 3.63) is 33.3 Å². The number of benzene rings is 1. The van der Waals surface area contributed by atoms with Crippen molar-refractivity contribution in [3.8, 4) is 0 Å². The number of nitrogens with one attached hydrogen (secondary N) is 1. The largest absolute Gasteiger partial charge is 0.480 e. The van der Waals surface area contributed by atoms with E-state index in [0.29, 0.717) is 11.1 Å². The van der Waals surface area contributed by atoms with Crippen molar-refractivity contribution in [2.45, 2.75) is 37.8 Å². The predicted molar refractivity (Wildman–Crippen MR) is 74.9 cm³/mol. The van der Waals surface area contributed by atoms with Gasteiger partial charge in [0.1, 0.15) is 6.04 Å². The van der Waals surface area contributed by atoms with Crippen LogP contribution in [0.5, 0.6) is 0 Å². The first kappa shape index (κ1) is 13.8. The fraction of sp³-hybridized carbons (Fsp3) is 0.462. The normalized spacial score (nSPS) is 17.9. The molecule has 3 nitrogen and oxygen atoms in total. The topological polar surface area (TPSA) is 49.3 Å². The monoisotopic (exact) mass is 331 g/mol. The molecular weight excluding hydrogens is 318 g/mol. The van der Waals surface area contributed by atoms with Crippen molar-refractivity contribution in [1.29, 1.82) is 0 Å². The summed E-state index contributed by atoms with van der Waals surface area (Å²) in [5.74, 6) is -0.857. The third-order valence-corrected chi connectivity index (χ3v) is 4.20. The summed E-state index contributed by atoms with van der Waals surface area (Å²) >= 11 is 9.25. The number of halogens is 2.